The predicted molar refractivity (Wildman–Crippen MR) is 95.8 cm³/mol. The molecule has 0 aliphatic carbocycles. The van der Waals surface area contributed by atoms with Crippen molar-refractivity contribution >= 4 is 17.9 Å². The van der Waals surface area contributed by atoms with E-state index >= 15 is 0 Å². The molecule has 5 N–H and O–H groups in total. The van der Waals surface area contributed by atoms with Crippen molar-refractivity contribution in [3.8, 4) is 6.07 Å². The molecule has 0 heterocycles. The lowest BCUT2D eigenvalue weighted by atomic mass is 10.0. The molecule has 0 fully saturated rings. The van der Waals surface area contributed by atoms with E-state index in [-0.39, 0.29) is 26.0 Å². The molecule has 9 heteroatoms. The monoisotopic (exact) mass is 376 g/mol. The van der Waals surface area contributed by atoms with E-state index in [0.29, 0.717) is 0 Å². The van der Waals surface area contributed by atoms with E-state index < -0.39 is 36.0 Å². The van der Waals surface area contributed by atoms with Crippen LogP contribution in [0.3, 0.4) is 0 Å². The van der Waals surface area contributed by atoms with E-state index in [1.165, 1.54) is 0 Å². The molecule has 0 aliphatic rings. The van der Waals surface area contributed by atoms with Gasteiger partial charge in [0.15, 0.2) is 0 Å². The molecule has 0 aliphatic heterocycles. The Morgan fingerprint density at radius 3 is 2.56 bits per heavy atom. The van der Waals surface area contributed by atoms with Crippen molar-refractivity contribution in [2.75, 3.05) is 6.54 Å². The van der Waals surface area contributed by atoms with Gasteiger partial charge in [0.05, 0.1) is 18.6 Å². The average molecular weight is 376 g/mol. The molecule has 3 atom stereocenters. The minimum absolute atomic E-state index is 0.0811. The lowest BCUT2D eigenvalue weighted by Gasteiger charge is -2.18. The Morgan fingerprint density at radius 1 is 1.30 bits per heavy atom. The van der Waals surface area contributed by atoms with Crippen LogP contribution in [0.25, 0.3) is 0 Å². The van der Waals surface area contributed by atoms with Crippen LogP contribution in [-0.4, -0.2) is 41.7 Å². The first-order valence-electron chi connectivity index (χ1n) is 8.42. The fourth-order valence-electron chi connectivity index (χ4n) is 2.17. The fraction of sp³-hybridized carbons (Fsp3) is 0.444. The van der Waals surface area contributed by atoms with E-state index in [4.69, 9.17) is 15.7 Å². The second-order valence-corrected chi connectivity index (χ2v) is 6.09. The number of ether oxygens (including phenoxy) is 1. The van der Waals surface area contributed by atoms with Crippen molar-refractivity contribution in [2.24, 2.45) is 11.7 Å². The highest BCUT2D eigenvalue weighted by Gasteiger charge is 2.22. The predicted octanol–water partition coefficient (Wildman–Crippen LogP) is 0.184. The molecule has 0 saturated carbocycles. The van der Waals surface area contributed by atoms with Crippen LogP contribution in [0.15, 0.2) is 30.3 Å². The molecule has 0 saturated heterocycles. The Balaban J connectivity index is 2.32. The van der Waals surface area contributed by atoms with Gasteiger partial charge in [-0.2, -0.15) is 5.26 Å². The van der Waals surface area contributed by atoms with Crippen LogP contribution in [0.4, 0.5) is 4.79 Å². The van der Waals surface area contributed by atoms with Crippen LogP contribution in [-0.2, 0) is 20.9 Å². The van der Waals surface area contributed by atoms with Gasteiger partial charge in [-0.25, -0.2) is 4.79 Å². The van der Waals surface area contributed by atoms with Gasteiger partial charge >= 0.3 is 6.09 Å². The maximum Gasteiger partial charge on any atom is 0.407 e. The van der Waals surface area contributed by atoms with E-state index in [1.54, 1.807) is 19.1 Å². The Bertz CT molecular complexity index is 674. The van der Waals surface area contributed by atoms with Gasteiger partial charge in [-0.05, 0) is 18.9 Å². The largest absolute Gasteiger partial charge is 0.445 e. The molecule has 9 nitrogen and oxygen atoms in total. The Hall–Kier alpha value is -3.12. The third-order valence-corrected chi connectivity index (χ3v) is 3.60. The minimum Gasteiger partial charge on any atom is -0.445 e. The van der Waals surface area contributed by atoms with Gasteiger partial charge in [0.2, 0.25) is 11.8 Å². The number of alkyl carbamates (subject to hydrolysis) is 1. The zero-order valence-corrected chi connectivity index (χ0v) is 15.1. The van der Waals surface area contributed by atoms with Gasteiger partial charge in [-0.1, -0.05) is 30.3 Å². The summed E-state index contributed by atoms with van der Waals surface area (Å²) in [5, 5.41) is 23.3. The van der Waals surface area contributed by atoms with Crippen molar-refractivity contribution in [3.63, 3.8) is 0 Å². The first kappa shape index (κ1) is 21.9. The molecule has 0 aromatic heterocycles. The number of nitrogens with one attached hydrogen (secondary N) is 2. The van der Waals surface area contributed by atoms with Gasteiger partial charge in [-0.3, -0.25) is 9.59 Å². The van der Waals surface area contributed by atoms with Gasteiger partial charge < -0.3 is 26.2 Å². The van der Waals surface area contributed by atoms with Crippen LogP contribution >= 0.6 is 0 Å². The number of carbonyl (C=O) groups excluding carboxylic acids is 3. The smallest absolute Gasteiger partial charge is 0.407 e. The summed E-state index contributed by atoms with van der Waals surface area (Å²) in [5.74, 6) is -1.84. The maximum atomic E-state index is 11.9. The summed E-state index contributed by atoms with van der Waals surface area (Å²) in [7, 11) is 0. The number of nitriles is 1. The highest BCUT2D eigenvalue weighted by molar-refractivity contribution is 5.86. The molecule has 3 amide bonds. The maximum absolute atomic E-state index is 11.9. The molecule has 1 aromatic carbocycles. The van der Waals surface area contributed by atoms with Crippen molar-refractivity contribution in [1.29, 1.82) is 5.26 Å². The van der Waals surface area contributed by atoms with Crippen molar-refractivity contribution < 1.29 is 24.2 Å². The zero-order valence-electron chi connectivity index (χ0n) is 15.1. The number of carbonyl (C=O) groups is 3. The number of benzene rings is 1. The summed E-state index contributed by atoms with van der Waals surface area (Å²) >= 11 is 0. The van der Waals surface area contributed by atoms with E-state index in [9.17, 15) is 19.5 Å². The van der Waals surface area contributed by atoms with E-state index in [2.05, 4.69) is 10.6 Å². The lowest BCUT2D eigenvalue weighted by Crippen LogP contribution is -2.46. The Morgan fingerprint density at radius 2 is 1.96 bits per heavy atom. The number of hydrogen-bond donors (Lipinski definition) is 4. The quantitative estimate of drug-likeness (QED) is 0.457. The molecule has 0 spiro atoms. The van der Waals surface area contributed by atoms with E-state index in [0.717, 1.165) is 5.56 Å². The summed E-state index contributed by atoms with van der Waals surface area (Å²) < 4.78 is 4.98. The topological polar surface area (TPSA) is 155 Å². The first-order valence-corrected chi connectivity index (χ1v) is 8.42. The number of hydrogen-bond acceptors (Lipinski definition) is 6. The van der Waals surface area contributed by atoms with Crippen LogP contribution in [0.1, 0.15) is 25.3 Å². The van der Waals surface area contributed by atoms with Crippen LogP contribution in [0.5, 0.6) is 0 Å². The Kier molecular flexibility index (Phi) is 9.33. The lowest BCUT2D eigenvalue weighted by molar-refractivity contribution is -0.128. The minimum atomic E-state index is -1.17. The molecule has 1 aromatic rings. The summed E-state index contributed by atoms with van der Waals surface area (Å²) in [5.41, 5.74) is 6.02. The summed E-state index contributed by atoms with van der Waals surface area (Å²) in [6.07, 6.45) is -2.16. The van der Waals surface area contributed by atoms with Crippen LogP contribution < -0.4 is 16.4 Å². The van der Waals surface area contributed by atoms with Crippen molar-refractivity contribution in [1.82, 2.24) is 10.6 Å². The number of amides is 3. The molecule has 1 rings (SSSR count). The average Bonchev–Trinajstić information content (AvgIpc) is 2.64. The van der Waals surface area contributed by atoms with Gasteiger partial charge in [-0.15, -0.1) is 0 Å². The van der Waals surface area contributed by atoms with Crippen LogP contribution in [0.2, 0.25) is 0 Å². The third kappa shape index (κ3) is 9.23. The molecular weight excluding hydrogens is 352 g/mol. The van der Waals surface area contributed by atoms with Gasteiger partial charge in [0.1, 0.15) is 12.6 Å². The second kappa shape index (κ2) is 11.5. The van der Waals surface area contributed by atoms with Crippen molar-refractivity contribution in [3.05, 3.63) is 35.9 Å². The van der Waals surface area contributed by atoms with Crippen molar-refractivity contribution in [2.45, 2.75) is 38.5 Å². The molecule has 0 unspecified atom stereocenters. The second-order valence-electron chi connectivity index (χ2n) is 6.09. The standard InChI is InChI=1S/C18H24N4O5/c1-12(9-19)7-15(17(20)25)22-16(24)8-14(23)10-21-18(26)27-11-13-5-3-2-4-6-13/h2-6,12,14-15,23H,7-8,10-11H2,1H3,(H2,20,25)(H,21,26)(H,22,24)/t12-,14-,15-/m0/s1. The molecule has 0 bridgehead atoms. The van der Waals surface area contributed by atoms with Gasteiger partial charge in [0.25, 0.3) is 0 Å². The number of rotatable bonds is 10. The molecule has 27 heavy (non-hydrogen) atoms. The highest BCUT2D eigenvalue weighted by atomic mass is 16.5. The van der Waals surface area contributed by atoms with Gasteiger partial charge in [0, 0.05) is 12.5 Å². The van der Waals surface area contributed by atoms with E-state index in [1.807, 2.05) is 24.3 Å². The van der Waals surface area contributed by atoms with Crippen LogP contribution in [0, 0.1) is 17.2 Å². The summed E-state index contributed by atoms with van der Waals surface area (Å²) in [4.78, 5) is 34.8. The molecular formula is C18H24N4O5. The number of aliphatic hydroxyl groups excluding tert-OH is 1. The fourth-order valence-corrected chi connectivity index (χ4v) is 2.17. The number of nitrogens with two attached hydrogens (primary N) is 1. The first-order chi connectivity index (χ1) is 12.8. The number of aliphatic hydroxyl groups is 1. The number of nitrogens with zero attached hydrogens (tertiary/aromatic N) is 1. The molecule has 0 radical (unpaired) electrons. The normalized spacial score (nSPS) is 13.5. The Labute approximate surface area is 157 Å². The molecule has 146 valence electrons. The number of primary amides is 1. The summed E-state index contributed by atoms with van der Waals surface area (Å²) in [6.45, 7) is 1.49. The summed E-state index contributed by atoms with van der Waals surface area (Å²) in [6, 6.07) is 10.0. The zero-order chi connectivity index (χ0) is 20.2. The highest BCUT2D eigenvalue weighted by Crippen LogP contribution is 2.05. The third-order valence-electron chi connectivity index (χ3n) is 3.60. The SMILES string of the molecule is C[C@H](C#N)C[C@H](NC(=O)C[C@H](O)CNC(=O)OCc1ccccc1)C(N)=O.